The molecule has 0 amide bonds. The highest BCUT2D eigenvalue weighted by Gasteiger charge is 2.36. The van der Waals surface area contributed by atoms with Crippen LogP contribution in [0.1, 0.15) is 18.5 Å². The number of hydrogen-bond acceptors (Lipinski definition) is 8. The van der Waals surface area contributed by atoms with E-state index in [9.17, 15) is 31.2 Å². The maximum absolute atomic E-state index is 12.9. The van der Waals surface area contributed by atoms with Crippen molar-refractivity contribution in [3.8, 4) is 17.3 Å². The third-order valence-corrected chi connectivity index (χ3v) is 6.94. The van der Waals surface area contributed by atoms with E-state index in [1.165, 1.54) is 41.1 Å². The molecule has 198 valence electrons. The van der Waals surface area contributed by atoms with Gasteiger partial charge >= 0.3 is 12.1 Å². The Kier molecular flexibility index (Phi) is 7.15. The van der Waals surface area contributed by atoms with Crippen LogP contribution in [-0.4, -0.2) is 53.1 Å². The van der Waals surface area contributed by atoms with Gasteiger partial charge in [0.15, 0.2) is 15.6 Å². The van der Waals surface area contributed by atoms with Crippen LogP contribution in [0, 0.1) is 5.92 Å². The molecule has 3 aromatic rings. The standard InChI is InChI=1S/C23H23F3N4O6S/c1-28-19(23(24,25)26)14-20(27-28)35-22(32)15-7-10-29(11-8-15)36-17-9-12-30(21(31)13-17)16-3-5-18(6-4-16)37(2,33)34/h3-6,9,12-15H,7-8,10-11H2,1-2H3. The molecular weight excluding hydrogens is 517 g/mol. The van der Waals surface area contributed by atoms with Crippen LogP contribution in [0.15, 0.2) is 58.4 Å². The van der Waals surface area contributed by atoms with Crippen molar-refractivity contribution in [2.75, 3.05) is 19.3 Å². The van der Waals surface area contributed by atoms with Crippen molar-refractivity contribution in [1.29, 1.82) is 0 Å². The molecule has 1 aromatic carbocycles. The maximum Gasteiger partial charge on any atom is 0.433 e. The number of carbonyl (C=O) groups excluding carboxylic acids is 1. The molecule has 14 heteroatoms. The number of hydrogen-bond donors (Lipinski definition) is 0. The molecule has 37 heavy (non-hydrogen) atoms. The van der Waals surface area contributed by atoms with Crippen molar-refractivity contribution < 1.29 is 36.0 Å². The fraction of sp³-hybridized carbons (Fsp3) is 0.348. The molecule has 0 spiro atoms. The fourth-order valence-corrected chi connectivity index (χ4v) is 4.49. The molecule has 1 aliphatic heterocycles. The molecule has 0 bridgehead atoms. The molecule has 0 unspecified atom stereocenters. The Hall–Kier alpha value is -3.65. The van der Waals surface area contributed by atoms with Gasteiger partial charge in [0, 0.05) is 50.4 Å². The Bertz CT molecular complexity index is 1460. The molecule has 0 atom stereocenters. The number of esters is 1. The molecule has 0 N–H and O–H groups in total. The number of piperidine rings is 1. The van der Waals surface area contributed by atoms with Gasteiger partial charge in [-0.25, -0.2) is 8.42 Å². The minimum absolute atomic E-state index is 0.141. The lowest BCUT2D eigenvalue weighted by Crippen LogP contribution is -2.39. The van der Waals surface area contributed by atoms with Gasteiger partial charge in [0.1, 0.15) is 5.69 Å². The quantitative estimate of drug-likeness (QED) is 0.439. The second-order valence-electron chi connectivity index (χ2n) is 8.54. The molecule has 2 aromatic heterocycles. The molecule has 3 heterocycles. The van der Waals surface area contributed by atoms with E-state index in [1.807, 2.05) is 0 Å². The molecule has 0 saturated carbocycles. The van der Waals surface area contributed by atoms with Gasteiger partial charge in [-0.15, -0.1) is 10.2 Å². The summed E-state index contributed by atoms with van der Waals surface area (Å²) in [5.41, 5.74) is -0.929. The van der Waals surface area contributed by atoms with Gasteiger partial charge in [-0.1, -0.05) is 0 Å². The first-order chi connectivity index (χ1) is 17.3. The first-order valence-corrected chi connectivity index (χ1v) is 13.0. The van der Waals surface area contributed by atoms with Crippen LogP contribution in [0.2, 0.25) is 0 Å². The number of benzene rings is 1. The van der Waals surface area contributed by atoms with Gasteiger partial charge in [0.2, 0.25) is 5.88 Å². The van der Waals surface area contributed by atoms with Crippen LogP contribution in [0.25, 0.3) is 5.69 Å². The van der Waals surface area contributed by atoms with Crippen LogP contribution in [0.3, 0.4) is 0 Å². The Labute approximate surface area is 209 Å². The van der Waals surface area contributed by atoms with E-state index in [0.717, 1.165) is 13.3 Å². The maximum atomic E-state index is 12.9. The Morgan fingerprint density at radius 3 is 2.27 bits per heavy atom. The number of alkyl halides is 3. The molecule has 0 aliphatic carbocycles. The lowest BCUT2D eigenvalue weighted by molar-refractivity contribution is -0.146. The first kappa shape index (κ1) is 26.4. The van der Waals surface area contributed by atoms with Crippen molar-refractivity contribution in [3.63, 3.8) is 0 Å². The summed E-state index contributed by atoms with van der Waals surface area (Å²) in [6.45, 7) is 0.650. The number of sulfone groups is 1. The topological polar surface area (TPSA) is 113 Å². The normalized spacial score (nSPS) is 15.5. The third-order valence-electron chi connectivity index (χ3n) is 5.81. The van der Waals surface area contributed by atoms with E-state index >= 15 is 0 Å². The summed E-state index contributed by atoms with van der Waals surface area (Å²) in [6, 6.07) is 9.42. The number of rotatable bonds is 6. The van der Waals surface area contributed by atoms with Gasteiger partial charge in [-0.2, -0.15) is 13.2 Å². The third kappa shape index (κ3) is 6.20. The highest BCUT2D eigenvalue weighted by Crippen LogP contribution is 2.31. The molecular formula is C23H23F3N4O6S. The second kappa shape index (κ2) is 10.0. The molecule has 1 aliphatic rings. The number of pyridine rings is 1. The number of aryl methyl sites for hydroxylation is 1. The fourth-order valence-electron chi connectivity index (χ4n) is 3.86. The molecule has 4 rings (SSSR count). The monoisotopic (exact) mass is 540 g/mol. The average Bonchev–Trinajstić information content (AvgIpc) is 3.19. The minimum atomic E-state index is -4.61. The van der Waals surface area contributed by atoms with Gasteiger partial charge in [0.25, 0.3) is 5.56 Å². The minimum Gasteiger partial charge on any atom is -0.406 e. The van der Waals surface area contributed by atoms with Gasteiger partial charge in [-0.05, 0) is 43.2 Å². The average molecular weight is 541 g/mol. The summed E-state index contributed by atoms with van der Waals surface area (Å²) in [5.74, 6) is -1.34. The number of halogens is 3. The predicted octanol–water partition coefficient (Wildman–Crippen LogP) is 2.60. The van der Waals surface area contributed by atoms with Crippen LogP contribution >= 0.6 is 0 Å². The van der Waals surface area contributed by atoms with Crippen LogP contribution in [-0.2, 0) is 27.9 Å². The second-order valence-corrected chi connectivity index (χ2v) is 10.6. The summed E-state index contributed by atoms with van der Waals surface area (Å²) in [4.78, 5) is 30.9. The summed E-state index contributed by atoms with van der Waals surface area (Å²) in [5, 5.41) is 5.17. The number of nitrogens with zero attached hydrogens (tertiary/aromatic N) is 4. The molecule has 1 saturated heterocycles. The zero-order chi connectivity index (χ0) is 27.0. The molecule has 1 fully saturated rings. The largest absolute Gasteiger partial charge is 0.433 e. The Morgan fingerprint density at radius 2 is 1.73 bits per heavy atom. The lowest BCUT2D eigenvalue weighted by atomic mass is 9.98. The van der Waals surface area contributed by atoms with Gasteiger partial charge in [-0.3, -0.25) is 18.8 Å². The number of hydroxylamine groups is 2. The number of carbonyl (C=O) groups is 1. The van der Waals surface area contributed by atoms with E-state index in [-0.39, 0.29) is 10.6 Å². The summed E-state index contributed by atoms with van der Waals surface area (Å²) >= 11 is 0. The highest BCUT2D eigenvalue weighted by atomic mass is 32.2. The van der Waals surface area contributed by atoms with Crippen molar-refractivity contribution in [2.45, 2.75) is 23.9 Å². The molecule has 0 radical (unpaired) electrons. The first-order valence-electron chi connectivity index (χ1n) is 11.1. The summed E-state index contributed by atoms with van der Waals surface area (Å²) in [7, 11) is -2.24. The summed E-state index contributed by atoms with van der Waals surface area (Å²) < 4.78 is 68.9. The van der Waals surface area contributed by atoms with Crippen molar-refractivity contribution in [3.05, 3.63) is 64.7 Å². The van der Waals surface area contributed by atoms with E-state index in [4.69, 9.17) is 9.57 Å². The van der Waals surface area contributed by atoms with Crippen molar-refractivity contribution >= 4 is 15.8 Å². The van der Waals surface area contributed by atoms with Gasteiger partial charge in [0.05, 0.1) is 10.8 Å². The summed E-state index contributed by atoms with van der Waals surface area (Å²) in [6.07, 6.45) is -1.35. The Morgan fingerprint density at radius 1 is 1.08 bits per heavy atom. The zero-order valence-electron chi connectivity index (χ0n) is 19.8. The van der Waals surface area contributed by atoms with Crippen molar-refractivity contribution in [2.24, 2.45) is 13.0 Å². The highest BCUT2D eigenvalue weighted by molar-refractivity contribution is 7.90. The lowest BCUT2D eigenvalue weighted by Gasteiger charge is -2.29. The van der Waals surface area contributed by atoms with Crippen molar-refractivity contribution in [1.82, 2.24) is 19.4 Å². The van der Waals surface area contributed by atoms with E-state index in [1.54, 1.807) is 11.1 Å². The molecule has 10 nitrogen and oxygen atoms in total. The smallest absolute Gasteiger partial charge is 0.406 e. The Balaban J connectivity index is 1.33. The number of ether oxygens (including phenoxy) is 1. The zero-order valence-corrected chi connectivity index (χ0v) is 20.6. The number of aromatic nitrogens is 3. The van der Waals surface area contributed by atoms with E-state index in [0.29, 0.717) is 42.4 Å². The van der Waals surface area contributed by atoms with E-state index < -0.39 is 45.0 Å². The van der Waals surface area contributed by atoms with E-state index in [2.05, 4.69) is 5.10 Å². The predicted molar refractivity (Wildman–Crippen MR) is 124 cm³/mol. The van der Waals surface area contributed by atoms with Crippen LogP contribution < -0.4 is 15.1 Å². The van der Waals surface area contributed by atoms with Gasteiger partial charge < -0.3 is 9.57 Å². The SMILES string of the molecule is Cn1nc(OC(=O)C2CCN(Oc3ccn(-c4ccc(S(C)(=O)=O)cc4)c(=O)c3)CC2)cc1C(F)(F)F. The van der Waals surface area contributed by atoms with Crippen LogP contribution in [0.5, 0.6) is 11.6 Å². The van der Waals surface area contributed by atoms with Crippen LogP contribution in [0.4, 0.5) is 13.2 Å².